The van der Waals surface area contributed by atoms with Gasteiger partial charge < -0.3 is 29.0 Å². The summed E-state index contributed by atoms with van der Waals surface area (Å²) in [5.74, 6) is 0.621. The Morgan fingerprint density at radius 2 is 1.89 bits per heavy atom. The van der Waals surface area contributed by atoms with E-state index in [4.69, 9.17) is 37.6 Å². The van der Waals surface area contributed by atoms with Gasteiger partial charge in [0, 0.05) is 37.8 Å². The van der Waals surface area contributed by atoms with Gasteiger partial charge in [-0.25, -0.2) is 11.4 Å². The molecule has 0 N–H and O–H groups in total. The van der Waals surface area contributed by atoms with Gasteiger partial charge >= 0.3 is 18.3 Å². The molecular weight excluding hydrogens is 611 g/mol. The normalized spacial score (nSPS) is 21.0. The van der Waals surface area contributed by atoms with E-state index in [0.29, 0.717) is 50.7 Å². The number of likely N-dealkylation sites (N-methyl/N-ethyl adjacent to an activating group) is 1. The molecule has 1 amide bonds. The van der Waals surface area contributed by atoms with Gasteiger partial charge in [0.05, 0.1) is 28.5 Å². The third kappa shape index (κ3) is 7.49. The van der Waals surface area contributed by atoms with Gasteiger partial charge in [0.2, 0.25) is 6.54 Å². The Balaban J connectivity index is 1.47. The lowest BCUT2D eigenvalue weighted by Gasteiger charge is -2.41. The van der Waals surface area contributed by atoms with Crippen LogP contribution in [0.5, 0.6) is 6.01 Å². The zero-order valence-electron chi connectivity index (χ0n) is 26.0. The molecule has 1 aromatic carbocycles. The number of nitrogens with zero attached hydrogens (tertiary/aromatic N) is 7. The van der Waals surface area contributed by atoms with Crippen LogP contribution in [0, 0.1) is 6.57 Å². The van der Waals surface area contributed by atoms with Gasteiger partial charge in [0.15, 0.2) is 0 Å². The molecule has 2 aromatic rings. The molecule has 4 heterocycles. The molecule has 0 radical (unpaired) electrons. The average Bonchev–Trinajstić information content (AvgIpc) is 3.38. The molecule has 2 atom stereocenters. The molecule has 0 spiro atoms. The maximum Gasteiger partial charge on any atom is 0.419 e. The van der Waals surface area contributed by atoms with Crippen LogP contribution in [-0.2, 0) is 23.9 Å². The Kier molecular flexibility index (Phi) is 9.56. The lowest BCUT2D eigenvalue weighted by molar-refractivity contribution is -0.137. The fraction of sp³-hybridized carbons (Fsp3) is 0.613. The van der Waals surface area contributed by atoms with Crippen LogP contribution in [-0.4, -0.2) is 96.5 Å². The number of carbonyl (C=O) groups is 1. The second-order valence-electron chi connectivity index (χ2n) is 12.8. The van der Waals surface area contributed by atoms with Crippen molar-refractivity contribution in [1.29, 1.82) is 0 Å². The SMILES string of the molecule is [C-]#[N+]C[C@H]1CN(c2nc(OC[C@@H]3CCCN3C)nc3c2CCN(c2cccc(Cl)c2C(F)(F)F)C3)CCN1C(=O)OC(C)(C)C. The number of rotatable bonds is 6. The van der Waals surface area contributed by atoms with Crippen molar-refractivity contribution in [3.8, 4) is 6.01 Å². The molecule has 2 fully saturated rings. The van der Waals surface area contributed by atoms with E-state index < -0.39 is 29.5 Å². The zero-order valence-corrected chi connectivity index (χ0v) is 26.8. The summed E-state index contributed by atoms with van der Waals surface area (Å²) in [5, 5.41) is -0.354. The predicted molar refractivity (Wildman–Crippen MR) is 165 cm³/mol. The number of hydrogen-bond donors (Lipinski definition) is 0. The molecule has 45 heavy (non-hydrogen) atoms. The van der Waals surface area contributed by atoms with E-state index in [1.54, 1.807) is 30.6 Å². The standard InChI is InChI=1S/C31H39ClF3N7O3/c1-30(2,3)45-29(43)42-15-14-41(17-21(42)16-36-4)27-22-11-13-40(25-10-6-9-23(32)26(25)31(33,34)35)18-24(22)37-28(38-27)44-19-20-8-7-12-39(20)5/h6,9-10,20-21H,7-8,11-19H2,1-3,5H3/t20-,21-/m0/s1. The second kappa shape index (κ2) is 13.1. The Labute approximate surface area is 266 Å². The topological polar surface area (TPSA) is 78.6 Å². The molecule has 3 aliphatic rings. The summed E-state index contributed by atoms with van der Waals surface area (Å²) in [6, 6.07) is 4.13. The van der Waals surface area contributed by atoms with Crippen molar-refractivity contribution in [3.63, 3.8) is 0 Å². The molecule has 5 rings (SSSR count). The Bertz CT molecular complexity index is 1450. The number of likely N-dealkylation sites (tertiary alicyclic amines) is 1. The first-order chi connectivity index (χ1) is 21.2. The molecule has 244 valence electrons. The molecule has 10 nitrogen and oxygen atoms in total. The van der Waals surface area contributed by atoms with E-state index in [1.807, 2.05) is 11.9 Å². The molecular formula is C31H39ClF3N7O3. The van der Waals surface area contributed by atoms with Crippen LogP contribution >= 0.6 is 11.6 Å². The average molecular weight is 650 g/mol. The molecule has 0 aliphatic carbocycles. The first-order valence-corrected chi connectivity index (χ1v) is 15.5. The highest BCUT2D eigenvalue weighted by Crippen LogP contribution is 2.43. The maximum absolute atomic E-state index is 14.1. The minimum Gasteiger partial charge on any atom is -0.462 e. The third-order valence-corrected chi connectivity index (χ3v) is 8.74. The monoisotopic (exact) mass is 649 g/mol. The summed E-state index contributed by atoms with van der Waals surface area (Å²) >= 11 is 6.05. The highest BCUT2D eigenvalue weighted by atomic mass is 35.5. The van der Waals surface area contributed by atoms with Crippen LogP contribution in [0.3, 0.4) is 0 Å². The molecule has 2 saturated heterocycles. The summed E-state index contributed by atoms with van der Waals surface area (Å²) in [4.78, 5) is 33.6. The fourth-order valence-corrected chi connectivity index (χ4v) is 6.48. The Morgan fingerprint density at radius 3 is 2.56 bits per heavy atom. The van der Waals surface area contributed by atoms with Crippen LogP contribution in [0.1, 0.15) is 50.4 Å². The number of alkyl halides is 3. The van der Waals surface area contributed by atoms with Crippen LogP contribution in [0.2, 0.25) is 5.02 Å². The van der Waals surface area contributed by atoms with Gasteiger partial charge in [-0.15, -0.1) is 0 Å². The zero-order chi connectivity index (χ0) is 32.5. The summed E-state index contributed by atoms with van der Waals surface area (Å²) in [6.07, 6.45) is -2.65. The lowest BCUT2D eigenvalue weighted by Crippen LogP contribution is -2.57. The number of benzene rings is 1. The fourth-order valence-electron chi connectivity index (χ4n) is 6.21. The Hall–Kier alpha value is -3.50. The van der Waals surface area contributed by atoms with Crippen molar-refractivity contribution in [2.24, 2.45) is 0 Å². The van der Waals surface area contributed by atoms with Gasteiger partial charge in [0.1, 0.15) is 24.1 Å². The number of hydrogen-bond acceptors (Lipinski definition) is 8. The van der Waals surface area contributed by atoms with Gasteiger partial charge in [-0.3, -0.25) is 4.90 Å². The first kappa shape index (κ1) is 32.9. The molecule has 3 aliphatic heterocycles. The van der Waals surface area contributed by atoms with Crippen LogP contribution in [0.25, 0.3) is 4.85 Å². The summed E-state index contributed by atoms with van der Waals surface area (Å²) in [6.45, 7) is 15.9. The highest BCUT2D eigenvalue weighted by Gasteiger charge is 2.40. The molecule has 0 saturated carbocycles. The quantitative estimate of drug-likeness (QED) is 0.378. The summed E-state index contributed by atoms with van der Waals surface area (Å²) < 4.78 is 53.9. The summed E-state index contributed by atoms with van der Waals surface area (Å²) in [7, 11) is 2.04. The van der Waals surface area contributed by atoms with E-state index >= 15 is 0 Å². The van der Waals surface area contributed by atoms with Gasteiger partial charge in [-0.05, 0) is 65.8 Å². The van der Waals surface area contributed by atoms with E-state index in [1.165, 1.54) is 18.2 Å². The van der Waals surface area contributed by atoms with Crippen molar-refractivity contribution >= 4 is 29.2 Å². The number of halogens is 4. The lowest BCUT2D eigenvalue weighted by atomic mass is 10.0. The van der Waals surface area contributed by atoms with Crippen molar-refractivity contribution in [2.45, 2.75) is 70.4 Å². The van der Waals surface area contributed by atoms with Crippen molar-refractivity contribution in [3.05, 3.63) is 51.5 Å². The molecule has 14 heteroatoms. The maximum atomic E-state index is 14.1. The van der Waals surface area contributed by atoms with Gasteiger partial charge in [0.25, 0.3) is 0 Å². The second-order valence-corrected chi connectivity index (χ2v) is 13.2. The summed E-state index contributed by atoms with van der Waals surface area (Å²) in [5.41, 5.74) is -0.155. The number of amides is 1. The molecule has 0 bridgehead atoms. The van der Waals surface area contributed by atoms with Gasteiger partial charge in [-0.1, -0.05) is 17.7 Å². The highest BCUT2D eigenvalue weighted by molar-refractivity contribution is 6.31. The largest absolute Gasteiger partial charge is 0.462 e. The van der Waals surface area contributed by atoms with Crippen molar-refractivity contribution < 1.29 is 27.4 Å². The van der Waals surface area contributed by atoms with E-state index in [2.05, 4.69) is 9.74 Å². The number of anilines is 2. The predicted octanol–water partition coefficient (Wildman–Crippen LogP) is 5.53. The van der Waals surface area contributed by atoms with E-state index in [0.717, 1.165) is 24.9 Å². The number of carbonyl (C=O) groups excluding carboxylic acids is 1. The van der Waals surface area contributed by atoms with Crippen LogP contribution in [0.4, 0.5) is 29.5 Å². The number of fused-ring (bicyclic) bond motifs is 1. The third-order valence-electron chi connectivity index (χ3n) is 8.43. The van der Waals surface area contributed by atoms with Gasteiger partial charge in [-0.2, -0.15) is 23.1 Å². The molecule has 1 aromatic heterocycles. The van der Waals surface area contributed by atoms with Crippen molar-refractivity contribution in [2.75, 3.05) is 62.7 Å². The smallest absolute Gasteiger partial charge is 0.419 e. The van der Waals surface area contributed by atoms with Crippen molar-refractivity contribution in [1.82, 2.24) is 19.8 Å². The number of aromatic nitrogens is 2. The number of piperazine rings is 1. The minimum absolute atomic E-state index is 0.000965. The van der Waals surface area contributed by atoms with Crippen LogP contribution in [0.15, 0.2) is 18.2 Å². The van der Waals surface area contributed by atoms with E-state index in [9.17, 15) is 18.0 Å². The minimum atomic E-state index is -4.63. The van der Waals surface area contributed by atoms with E-state index in [-0.39, 0.29) is 35.9 Å². The first-order valence-electron chi connectivity index (χ1n) is 15.2. The molecule has 0 unspecified atom stereocenters. The number of ether oxygens (including phenoxy) is 2. The Morgan fingerprint density at radius 1 is 1.11 bits per heavy atom. The van der Waals surface area contributed by atoms with Crippen LogP contribution < -0.4 is 14.5 Å².